The van der Waals surface area contributed by atoms with Crippen LogP contribution >= 0.6 is 46.4 Å². The third kappa shape index (κ3) is 9.64. The number of benzene rings is 4. The summed E-state index contributed by atoms with van der Waals surface area (Å²) >= 11 is 25.1. The summed E-state index contributed by atoms with van der Waals surface area (Å²) in [6, 6.07) is 23.6. The van der Waals surface area contributed by atoms with E-state index in [1.54, 1.807) is 30.3 Å². The number of amides is 2. The van der Waals surface area contributed by atoms with Crippen molar-refractivity contribution in [2.24, 2.45) is 0 Å². The highest BCUT2D eigenvalue weighted by atomic mass is 35.5. The van der Waals surface area contributed by atoms with E-state index in [1.807, 2.05) is 51.1 Å². The lowest BCUT2D eigenvalue weighted by Gasteiger charge is -2.34. The van der Waals surface area contributed by atoms with Crippen molar-refractivity contribution in [2.75, 3.05) is 10.8 Å². The summed E-state index contributed by atoms with van der Waals surface area (Å²) in [5.41, 5.74) is 2.37. The van der Waals surface area contributed by atoms with Crippen LogP contribution in [0, 0.1) is 6.92 Å². The lowest BCUT2D eigenvalue weighted by molar-refractivity contribution is -0.140. The van der Waals surface area contributed by atoms with Crippen molar-refractivity contribution in [3.05, 3.63) is 128 Å². The molecule has 1 N–H and O–H groups in total. The van der Waals surface area contributed by atoms with Gasteiger partial charge >= 0.3 is 0 Å². The Morgan fingerprint density at radius 3 is 2.04 bits per heavy atom. The number of hydrogen-bond donors (Lipinski definition) is 1. The van der Waals surface area contributed by atoms with E-state index in [2.05, 4.69) is 5.32 Å². The maximum Gasteiger partial charge on any atom is 0.264 e. The van der Waals surface area contributed by atoms with E-state index in [4.69, 9.17) is 46.4 Å². The van der Waals surface area contributed by atoms with Crippen molar-refractivity contribution in [3.63, 3.8) is 0 Å². The topological polar surface area (TPSA) is 86.8 Å². The van der Waals surface area contributed by atoms with E-state index in [-0.39, 0.29) is 50.6 Å². The van der Waals surface area contributed by atoms with Gasteiger partial charge in [0.2, 0.25) is 11.8 Å². The number of halogens is 4. The highest BCUT2D eigenvalue weighted by Crippen LogP contribution is 2.31. The Bertz CT molecular complexity index is 1800. The van der Waals surface area contributed by atoms with Gasteiger partial charge in [-0.05, 0) is 73.9 Å². The fraction of sp³-hybridized carbons (Fsp3) is 0.257. The first-order chi connectivity index (χ1) is 22.3. The number of anilines is 1. The minimum absolute atomic E-state index is 0.0293. The van der Waals surface area contributed by atoms with Crippen molar-refractivity contribution in [2.45, 2.75) is 57.1 Å². The van der Waals surface area contributed by atoms with E-state index < -0.39 is 28.5 Å². The molecule has 0 aromatic heterocycles. The highest BCUT2D eigenvalue weighted by molar-refractivity contribution is 7.92. The zero-order valence-corrected chi connectivity index (χ0v) is 29.9. The van der Waals surface area contributed by atoms with Gasteiger partial charge in [-0.1, -0.05) is 107 Å². The minimum atomic E-state index is -4.32. The predicted molar refractivity (Wildman–Crippen MR) is 191 cm³/mol. The van der Waals surface area contributed by atoms with Crippen LogP contribution in [0.2, 0.25) is 20.1 Å². The van der Waals surface area contributed by atoms with Crippen LogP contribution in [0.1, 0.15) is 37.0 Å². The fourth-order valence-corrected chi connectivity index (χ4v) is 7.11. The first-order valence-corrected chi connectivity index (χ1v) is 17.9. The number of nitrogens with zero attached hydrogens (tertiary/aromatic N) is 2. The molecule has 0 aliphatic heterocycles. The van der Waals surface area contributed by atoms with Crippen LogP contribution in [-0.2, 0) is 32.6 Å². The molecule has 0 fully saturated rings. The molecule has 0 heterocycles. The lowest BCUT2D eigenvalue weighted by Crippen LogP contribution is -2.54. The summed E-state index contributed by atoms with van der Waals surface area (Å²) < 4.78 is 29.4. The molecule has 4 rings (SSSR count). The highest BCUT2D eigenvalue weighted by Gasteiger charge is 2.35. The van der Waals surface area contributed by atoms with Crippen LogP contribution in [0.5, 0.6) is 0 Å². The summed E-state index contributed by atoms with van der Waals surface area (Å²) in [5.74, 6) is -1.02. The third-order valence-electron chi connectivity index (χ3n) is 7.63. The Hall–Kier alpha value is -3.27. The molecule has 248 valence electrons. The molecule has 0 bridgehead atoms. The van der Waals surface area contributed by atoms with Gasteiger partial charge in [-0.25, -0.2) is 8.42 Å². The molecular formula is C35H35Cl4N3O4S. The molecule has 0 unspecified atom stereocenters. The fourth-order valence-electron chi connectivity index (χ4n) is 4.88. The second kappa shape index (κ2) is 16.2. The van der Waals surface area contributed by atoms with Crippen LogP contribution in [-0.4, -0.2) is 43.8 Å². The molecule has 0 saturated carbocycles. The van der Waals surface area contributed by atoms with Crippen LogP contribution in [0.25, 0.3) is 0 Å². The summed E-state index contributed by atoms with van der Waals surface area (Å²) in [7, 11) is -4.32. The van der Waals surface area contributed by atoms with E-state index in [1.165, 1.54) is 35.2 Å². The molecule has 2 atom stereocenters. The van der Waals surface area contributed by atoms with Crippen LogP contribution in [0.4, 0.5) is 5.69 Å². The zero-order chi connectivity index (χ0) is 34.3. The van der Waals surface area contributed by atoms with Gasteiger partial charge in [0, 0.05) is 29.1 Å². The van der Waals surface area contributed by atoms with E-state index in [0.717, 1.165) is 15.4 Å². The third-order valence-corrected chi connectivity index (χ3v) is 10.6. The predicted octanol–water partition coefficient (Wildman–Crippen LogP) is 8.36. The van der Waals surface area contributed by atoms with Gasteiger partial charge in [0.1, 0.15) is 12.6 Å². The van der Waals surface area contributed by atoms with Crippen molar-refractivity contribution < 1.29 is 18.0 Å². The van der Waals surface area contributed by atoms with Crippen molar-refractivity contribution >= 4 is 73.9 Å². The quantitative estimate of drug-likeness (QED) is 0.150. The molecule has 2 amide bonds. The van der Waals surface area contributed by atoms with Gasteiger partial charge in [0.05, 0.1) is 20.6 Å². The van der Waals surface area contributed by atoms with Gasteiger partial charge in [-0.15, -0.1) is 0 Å². The number of nitrogens with one attached hydrogen (secondary N) is 1. The second-order valence-electron chi connectivity index (χ2n) is 11.2. The molecule has 0 aliphatic rings. The zero-order valence-electron chi connectivity index (χ0n) is 26.1. The number of rotatable bonds is 13. The minimum Gasteiger partial charge on any atom is -0.352 e. The summed E-state index contributed by atoms with van der Waals surface area (Å²) in [6.07, 6.45) is 0.840. The Morgan fingerprint density at radius 1 is 0.809 bits per heavy atom. The van der Waals surface area contributed by atoms with Crippen molar-refractivity contribution in [1.82, 2.24) is 10.2 Å². The average Bonchev–Trinajstić information content (AvgIpc) is 3.03. The van der Waals surface area contributed by atoms with Gasteiger partial charge in [0.15, 0.2) is 0 Å². The molecule has 0 spiro atoms. The molecule has 0 aliphatic carbocycles. The Labute approximate surface area is 296 Å². The second-order valence-corrected chi connectivity index (χ2v) is 14.8. The normalized spacial score (nSPS) is 12.7. The molecule has 4 aromatic rings. The number of aryl methyl sites for hydroxylation is 1. The molecular weight excluding hydrogens is 700 g/mol. The van der Waals surface area contributed by atoms with E-state index in [9.17, 15) is 18.0 Å². The smallest absolute Gasteiger partial charge is 0.264 e. The largest absolute Gasteiger partial charge is 0.352 e. The first kappa shape index (κ1) is 36.6. The van der Waals surface area contributed by atoms with E-state index in [0.29, 0.717) is 17.0 Å². The summed E-state index contributed by atoms with van der Waals surface area (Å²) in [6.45, 7) is 4.94. The van der Waals surface area contributed by atoms with Crippen LogP contribution in [0.3, 0.4) is 0 Å². The van der Waals surface area contributed by atoms with Gasteiger partial charge in [-0.2, -0.15) is 0 Å². The number of carbonyl (C=O) groups excluding carboxylic acids is 2. The molecule has 0 saturated heterocycles. The average molecular weight is 736 g/mol. The molecule has 47 heavy (non-hydrogen) atoms. The van der Waals surface area contributed by atoms with Crippen molar-refractivity contribution in [3.8, 4) is 0 Å². The Kier molecular flexibility index (Phi) is 12.6. The lowest BCUT2D eigenvalue weighted by atomic mass is 10.0. The Balaban J connectivity index is 1.85. The van der Waals surface area contributed by atoms with E-state index >= 15 is 0 Å². The van der Waals surface area contributed by atoms with Gasteiger partial charge < -0.3 is 10.2 Å². The first-order valence-electron chi connectivity index (χ1n) is 14.9. The maximum atomic E-state index is 14.6. The van der Waals surface area contributed by atoms with Crippen LogP contribution < -0.4 is 9.62 Å². The standard InChI is InChI=1S/C35H35Cl4N3O4S/c1-4-24(3)40-35(44)33(17-25-8-6-5-7-9-25)41(21-26-12-15-31(38)32(39)16-26)34(43)22-42(29-19-27(36)18-28(37)20-29)47(45,46)30-13-10-23(2)11-14-30/h5-16,18-20,24,33H,4,17,21-22H2,1-3H3,(H,40,44)/t24-,33+/m0/s1. The SMILES string of the molecule is CC[C@H](C)NC(=O)[C@@H](Cc1ccccc1)N(Cc1ccc(Cl)c(Cl)c1)C(=O)CN(c1cc(Cl)cc(Cl)c1)S(=O)(=O)c1ccc(C)cc1. The van der Waals surface area contributed by atoms with Gasteiger partial charge in [0.25, 0.3) is 10.0 Å². The summed E-state index contributed by atoms with van der Waals surface area (Å²) in [5, 5.41) is 3.99. The number of carbonyl (C=O) groups is 2. The monoisotopic (exact) mass is 733 g/mol. The number of hydrogen-bond acceptors (Lipinski definition) is 4. The molecule has 0 radical (unpaired) electrons. The molecule has 7 nitrogen and oxygen atoms in total. The molecule has 4 aromatic carbocycles. The summed E-state index contributed by atoms with van der Waals surface area (Å²) in [4.78, 5) is 29.9. The van der Waals surface area contributed by atoms with Gasteiger partial charge in [-0.3, -0.25) is 13.9 Å². The molecule has 12 heteroatoms. The Morgan fingerprint density at radius 2 is 1.45 bits per heavy atom. The van der Waals surface area contributed by atoms with Crippen LogP contribution in [0.15, 0.2) is 95.9 Å². The number of sulfonamides is 1. The maximum absolute atomic E-state index is 14.6. The van der Waals surface area contributed by atoms with Crippen molar-refractivity contribution in [1.29, 1.82) is 0 Å².